The second-order valence-electron chi connectivity index (χ2n) is 5.01. The van der Waals surface area contributed by atoms with Crippen molar-refractivity contribution in [3.63, 3.8) is 0 Å². The molecule has 1 atom stereocenters. The average Bonchev–Trinajstić information content (AvgIpc) is 3.00. The van der Waals surface area contributed by atoms with Crippen LogP contribution in [0.2, 0.25) is 0 Å². The van der Waals surface area contributed by atoms with Crippen molar-refractivity contribution < 1.29 is 9.59 Å². The highest BCUT2D eigenvalue weighted by Crippen LogP contribution is 2.12. The summed E-state index contributed by atoms with van der Waals surface area (Å²) >= 11 is 1.37. The quantitative estimate of drug-likeness (QED) is 0.733. The van der Waals surface area contributed by atoms with Gasteiger partial charge in [0.2, 0.25) is 5.91 Å². The maximum absolute atomic E-state index is 11.6. The molecular formula is C14H21N3O2S. The molecule has 1 fully saturated rings. The lowest BCUT2D eigenvalue weighted by atomic mass is 9.96. The van der Waals surface area contributed by atoms with Gasteiger partial charge in [-0.15, -0.1) is 11.3 Å². The van der Waals surface area contributed by atoms with Gasteiger partial charge in [-0.25, -0.2) is 0 Å². The second kappa shape index (κ2) is 8.01. The van der Waals surface area contributed by atoms with Crippen molar-refractivity contribution in [3.05, 3.63) is 22.4 Å². The zero-order chi connectivity index (χ0) is 14.2. The zero-order valence-electron chi connectivity index (χ0n) is 11.5. The van der Waals surface area contributed by atoms with Crippen LogP contribution >= 0.6 is 11.3 Å². The van der Waals surface area contributed by atoms with Crippen LogP contribution in [0.3, 0.4) is 0 Å². The molecule has 0 radical (unpaired) electrons. The third-order valence-electron chi connectivity index (χ3n) is 3.43. The number of thiophene rings is 1. The third-order valence-corrected chi connectivity index (χ3v) is 4.30. The van der Waals surface area contributed by atoms with Crippen molar-refractivity contribution in [1.29, 1.82) is 0 Å². The van der Waals surface area contributed by atoms with Gasteiger partial charge in [0.1, 0.15) is 0 Å². The number of amides is 2. The summed E-state index contributed by atoms with van der Waals surface area (Å²) < 4.78 is 0. The van der Waals surface area contributed by atoms with Gasteiger partial charge in [-0.05, 0) is 49.7 Å². The Kier molecular flexibility index (Phi) is 6.01. The largest absolute Gasteiger partial charge is 0.355 e. The fraction of sp³-hybridized carbons (Fsp3) is 0.571. The first-order valence-corrected chi connectivity index (χ1v) is 7.93. The van der Waals surface area contributed by atoms with Gasteiger partial charge in [-0.1, -0.05) is 6.07 Å². The van der Waals surface area contributed by atoms with Gasteiger partial charge in [-0.2, -0.15) is 0 Å². The third kappa shape index (κ3) is 4.94. The Morgan fingerprint density at radius 2 is 2.30 bits per heavy atom. The molecule has 1 unspecified atom stereocenters. The molecule has 0 saturated carbocycles. The summed E-state index contributed by atoms with van der Waals surface area (Å²) in [4.78, 5) is 23.9. The van der Waals surface area contributed by atoms with E-state index < -0.39 is 0 Å². The normalized spacial score (nSPS) is 18.5. The molecule has 5 nitrogen and oxygen atoms in total. The number of hydrogen-bond donors (Lipinski definition) is 3. The van der Waals surface area contributed by atoms with E-state index >= 15 is 0 Å². The highest BCUT2D eigenvalue weighted by Gasteiger charge is 2.13. The van der Waals surface area contributed by atoms with Crippen LogP contribution in [0.1, 0.15) is 28.9 Å². The Morgan fingerprint density at radius 1 is 1.40 bits per heavy atom. The summed E-state index contributed by atoms with van der Waals surface area (Å²) in [5, 5.41) is 10.7. The molecule has 2 amide bonds. The standard InChI is InChI=1S/C14H21N3O2S/c18-13(10-17-14(19)12-4-2-8-20-12)16-7-5-11-3-1-6-15-9-11/h2,4,8,11,15H,1,3,5-7,9-10H2,(H,16,18)(H,17,19). The molecule has 2 rings (SSSR count). The van der Waals surface area contributed by atoms with Gasteiger partial charge in [0.25, 0.3) is 5.91 Å². The lowest BCUT2D eigenvalue weighted by Gasteiger charge is -2.22. The van der Waals surface area contributed by atoms with Crippen molar-refractivity contribution >= 4 is 23.2 Å². The Labute approximate surface area is 123 Å². The molecule has 0 spiro atoms. The van der Waals surface area contributed by atoms with Crippen LogP contribution in [0.25, 0.3) is 0 Å². The van der Waals surface area contributed by atoms with E-state index in [1.807, 2.05) is 11.4 Å². The fourth-order valence-corrected chi connectivity index (χ4v) is 2.94. The molecular weight excluding hydrogens is 274 g/mol. The highest BCUT2D eigenvalue weighted by atomic mass is 32.1. The molecule has 0 bridgehead atoms. The van der Waals surface area contributed by atoms with Gasteiger partial charge >= 0.3 is 0 Å². The lowest BCUT2D eigenvalue weighted by molar-refractivity contribution is -0.120. The second-order valence-corrected chi connectivity index (χ2v) is 5.96. The molecule has 20 heavy (non-hydrogen) atoms. The Balaban J connectivity index is 1.57. The number of hydrogen-bond acceptors (Lipinski definition) is 4. The van der Waals surface area contributed by atoms with Gasteiger partial charge < -0.3 is 16.0 Å². The van der Waals surface area contributed by atoms with Crippen LogP contribution in [0.15, 0.2) is 17.5 Å². The number of piperidine rings is 1. The van der Waals surface area contributed by atoms with E-state index in [0.29, 0.717) is 17.3 Å². The Bertz CT molecular complexity index is 428. The van der Waals surface area contributed by atoms with Crippen molar-refractivity contribution in [1.82, 2.24) is 16.0 Å². The van der Waals surface area contributed by atoms with E-state index in [9.17, 15) is 9.59 Å². The van der Waals surface area contributed by atoms with Crippen LogP contribution in [0, 0.1) is 5.92 Å². The topological polar surface area (TPSA) is 70.2 Å². The average molecular weight is 295 g/mol. The molecule has 1 aromatic heterocycles. The number of nitrogens with one attached hydrogen (secondary N) is 3. The summed E-state index contributed by atoms with van der Waals surface area (Å²) in [6.45, 7) is 2.88. The molecule has 2 heterocycles. The van der Waals surface area contributed by atoms with Gasteiger partial charge in [-0.3, -0.25) is 9.59 Å². The summed E-state index contributed by atoms with van der Waals surface area (Å²) in [5.74, 6) is 0.343. The molecule has 3 N–H and O–H groups in total. The zero-order valence-corrected chi connectivity index (χ0v) is 12.3. The molecule has 1 aromatic rings. The van der Waals surface area contributed by atoms with Crippen LogP contribution in [0.5, 0.6) is 0 Å². The van der Waals surface area contributed by atoms with Crippen LogP contribution in [0.4, 0.5) is 0 Å². The molecule has 1 aliphatic heterocycles. The monoisotopic (exact) mass is 295 g/mol. The summed E-state index contributed by atoms with van der Waals surface area (Å²) in [5.41, 5.74) is 0. The van der Waals surface area contributed by atoms with Gasteiger partial charge in [0, 0.05) is 6.54 Å². The van der Waals surface area contributed by atoms with E-state index in [1.165, 1.54) is 24.2 Å². The van der Waals surface area contributed by atoms with Gasteiger partial charge in [0.05, 0.1) is 11.4 Å². The van der Waals surface area contributed by atoms with Crippen LogP contribution in [-0.4, -0.2) is 38.0 Å². The van der Waals surface area contributed by atoms with E-state index in [0.717, 1.165) is 19.5 Å². The minimum absolute atomic E-state index is 0.0413. The predicted molar refractivity (Wildman–Crippen MR) is 79.9 cm³/mol. The molecule has 1 aliphatic rings. The maximum atomic E-state index is 11.6. The number of carbonyl (C=O) groups is 2. The molecule has 6 heteroatoms. The van der Waals surface area contributed by atoms with Crippen LogP contribution in [-0.2, 0) is 4.79 Å². The van der Waals surface area contributed by atoms with Crippen molar-refractivity contribution in [2.75, 3.05) is 26.2 Å². The molecule has 110 valence electrons. The van der Waals surface area contributed by atoms with Crippen LogP contribution < -0.4 is 16.0 Å². The first-order chi connectivity index (χ1) is 9.75. The van der Waals surface area contributed by atoms with E-state index in [1.54, 1.807) is 6.07 Å². The molecule has 0 aromatic carbocycles. The Morgan fingerprint density at radius 3 is 3.00 bits per heavy atom. The SMILES string of the molecule is O=C(CNC(=O)c1cccs1)NCCC1CCCNC1. The molecule has 0 aliphatic carbocycles. The van der Waals surface area contributed by atoms with Crippen molar-refractivity contribution in [2.45, 2.75) is 19.3 Å². The first-order valence-electron chi connectivity index (χ1n) is 7.05. The maximum Gasteiger partial charge on any atom is 0.261 e. The summed E-state index contributed by atoms with van der Waals surface area (Å²) in [6.07, 6.45) is 3.45. The van der Waals surface area contributed by atoms with Crippen molar-refractivity contribution in [2.24, 2.45) is 5.92 Å². The summed E-state index contributed by atoms with van der Waals surface area (Å²) in [6, 6.07) is 3.56. The number of rotatable bonds is 6. The molecule has 1 saturated heterocycles. The van der Waals surface area contributed by atoms with E-state index in [4.69, 9.17) is 0 Å². The minimum Gasteiger partial charge on any atom is -0.355 e. The summed E-state index contributed by atoms with van der Waals surface area (Å²) in [7, 11) is 0. The minimum atomic E-state index is -0.188. The Hall–Kier alpha value is -1.40. The smallest absolute Gasteiger partial charge is 0.261 e. The van der Waals surface area contributed by atoms with E-state index in [2.05, 4.69) is 16.0 Å². The lowest BCUT2D eigenvalue weighted by Crippen LogP contribution is -2.38. The van der Waals surface area contributed by atoms with Crippen molar-refractivity contribution in [3.8, 4) is 0 Å². The van der Waals surface area contributed by atoms with Gasteiger partial charge in [0.15, 0.2) is 0 Å². The fourth-order valence-electron chi connectivity index (χ4n) is 2.30. The first kappa shape index (κ1) is 15.0. The highest BCUT2D eigenvalue weighted by molar-refractivity contribution is 7.12. The van der Waals surface area contributed by atoms with E-state index in [-0.39, 0.29) is 18.4 Å². The predicted octanol–water partition coefficient (Wildman–Crippen LogP) is 0.984. The number of carbonyl (C=O) groups excluding carboxylic acids is 2.